The van der Waals surface area contributed by atoms with E-state index in [9.17, 15) is 0 Å². The highest BCUT2D eigenvalue weighted by Crippen LogP contribution is 2.49. The van der Waals surface area contributed by atoms with E-state index in [4.69, 9.17) is 0 Å². The normalized spacial score (nSPS) is 11.8. The Balaban J connectivity index is 0.000000105. The maximum Gasteiger partial charge on any atom is 0.0562 e. The van der Waals surface area contributed by atoms with Gasteiger partial charge < -0.3 is 32.3 Å². The van der Waals surface area contributed by atoms with Crippen molar-refractivity contribution in [2.24, 2.45) is 0 Å². The molecule has 0 aliphatic rings. The van der Waals surface area contributed by atoms with Gasteiger partial charge in [0.2, 0.25) is 0 Å². The molecule has 6 aromatic heterocycles. The number of benzene rings is 24. The Morgan fingerprint density at radius 3 is 0.804 bits per heavy atom. The summed E-state index contributed by atoms with van der Waals surface area (Å²) >= 11 is 0. The van der Waals surface area contributed by atoms with Crippen molar-refractivity contribution in [3.05, 3.63) is 540 Å². The Morgan fingerprint density at radius 2 is 0.392 bits per heavy atom. The summed E-state index contributed by atoms with van der Waals surface area (Å²) < 4.78 is 14.7. The average molecular weight is 1820 g/mol. The van der Waals surface area contributed by atoms with Crippen molar-refractivity contribution in [2.75, 3.05) is 4.90 Å². The molecule has 7 heteroatoms. The van der Waals surface area contributed by atoms with E-state index in [0.29, 0.717) is 0 Å². The predicted octanol–water partition coefficient (Wildman–Crippen LogP) is 36.7. The molecule has 0 saturated heterocycles. The Kier molecular flexibility index (Phi) is 19.5. The van der Waals surface area contributed by atoms with Gasteiger partial charge in [-0.1, -0.05) is 352 Å². The summed E-state index contributed by atoms with van der Waals surface area (Å²) in [6.45, 7) is 0. The molecule has 143 heavy (non-hydrogen) atoms. The summed E-state index contributed by atoms with van der Waals surface area (Å²) in [7, 11) is 0. The Hall–Kier alpha value is -19.1. The number of rotatable bonds is 12. The van der Waals surface area contributed by atoms with Crippen LogP contribution in [0.15, 0.2) is 540 Å². The van der Waals surface area contributed by atoms with Gasteiger partial charge in [-0.3, -0.25) is 0 Å². The first kappa shape index (κ1) is 82.2. The van der Waals surface area contributed by atoms with Crippen LogP contribution in [-0.4, -0.2) is 27.4 Å². The van der Waals surface area contributed by atoms with Crippen LogP contribution in [0, 0.1) is 0 Å². The molecule has 6 heterocycles. The van der Waals surface area contributed by atoms with E-state index in [-0.39, 0.29) is 0 Å². The molecule has 0 radical (unpaired) electrons. The van der Waals surface area contributed by atoms with Crippen molar-refractivity contribution in [2.45, 2.75) is 0 Å². The second kappa shape index (κ2) is 34.0. The quantitative estimate of drug-likeness (QED) is 0.120. The van der Waals surface area contributed by atoms with Crippen LogP contribution in [0.25, 0.3) is 241 Å². The summed E-state index contributed by atoms with van der Waals surface area (Å²) in [4.78, 5) is 2.33. The minimum atomic E-state index is 1.10. The molecule has 0 atom stereocenters. The molecule has 0 N–H and O–H groups in total. The van der Waals surface area contributed by atoms with E-state index < -0.39 is 0 Å². The highest BCUT2D eigenvalue weighted by molar-refractivity contribution is 6.25. The van der Waals surface area contributed by atoms with Crippen LogP contribution in [0.1, 0.15) is 0 Å². The molecule has 0 aliphatic heterocycles. The standard InChI is InChI=1S/C46H31N3.C46H30N2.C44H28N2/c1-4-17-34(18-5-1)47(35-19-6-2-7-20-35)37-23-14-24-38(29-37)49-43-26-13-12-25-39(43)41-30-42-40-27-32-15-10-11-16-33(32)28-44(40)48(46(42)31-45(41)49)36-21-8-3-9-22-36;1-4-14-31(15-5-1)35-24-25-43(38(26-35)32-16-6-2-7-17-32)48-42-23-13-12-22-37(42)40-29-41-39-27-33-18-10-11-19-34(33)28-44(39)47(45(41)30-46(40)48)36-20-8-3-9-21-36;1-3-13-29(14-4-1)33-23-24-41(35-20-10-9-19-34(33)35)46-40-22-12-11-21-36(40)38-27-39-37-25-30-15-7-8-16-31(30)26-42(37)45(43(39)28-44(38)46)32-17-5-2-6-18-32/h1-31H;1-30H;1-28H. The fraction of sp³-hybridized carbons (Fsp3) is 0. The molecule has 668 valence electrons. The molecule has 0 aliphatic carbocycles. The van der Waals surface area contributed by atoms with Crippen molar-refractivity contribution in [1.82, 2.24) is 27.4 Å². The smallest absolute Gasteiger partial charge is 0.0562 e. The summed E-state index contributed by atoms with van der Waals surface area (Å²) in [6, 6.07) is 196. The van der Waals surface area contributed by atoms with E-state index in [1.54, 1.807) is 0 Å². The second-order valence-corrected chi connectivity index (χ2v) is 37.4. The van der Waals surface area contributed by atoms with Crippen LogP contribution in [0.4, 0.5) is 17.1 Å². The van der Waals surface area contributed by atoms with Crippen molar-refractivity contribution in [3.8, 4) is 67.5 Å². The number of para-hydroxylation sites is 8. The van der Waals surface area contributed by atoms with Crippen LogP contribution in [0.3, 0.4) is 0 Å². The molecule has 0 unspecified atom stereocenters. The summed E-state index contributed by atoms with van der Waals surface area (Å²) in [6.07, 6.45) is 0. The highest BCUT2D eigenvalue weighted by Gasteiger charge is 2.27. The number of hydrogen-bond donors (Lipinski definition) is 0. The van der Waals surface area contributed by atoms with E-state index in [0.717, 1.165) is 39.8 Å². The lowest BCUT2D eigenvalue weighted by Crippen LogP contribution is -2.10. The number of nitrogens with zero attached hydrogens (tertiary/aromatic N) is 7. The molecule has 0 saturated carbocycles. The largest absolute Gasteiger partial charge is 0.310 e. The molecular weight excluding hydrogens is 1730 g/mol. The molecule has 0 amide bonds. The molecule has 0 fully saturated rings. The van der Waals surface area contributed by atoms with Crippen LogP contribution in [0.5, 0.6) is 0 Å². The highest BCUT2D eigenvalue weighted by atomic mass is 15.1. The van der Waals surface area contributed by atoms with Crippen molar-refractivity contribution in [3.63, 3.8) is 0 Å². The Morgan fingerprint density at radius 1 is 0.119 bits per heavy atom. The first-order valence-electron chi connectivity index (χ1n) is 49.2. The SMILES string of the molecule is c1ccc(-c2ccc(-n3c4ccccc4c4cc5c6cc7ccccc7cc6n(-c6ccccc6)c5cc43)c(-c3ccccc3)c2)cc1.c1ccc(-c2ccc(-n3c4ccccc4c4cc5c6cc7ccccc7cc6n(-c6ccccc6)c5cc43)c3ccccc23)cc1.c1ccc(N(c2ccccc2)c2cccc(-n3c4ccccc4c4cc5c6cc7ccccc7cc6n(-c6ccccc6)c5cc43)c2)cc1. The lowest BCUT2D eigenvalue weighted by Gasteiger charge is -2.26. The third-order valence-corrected chi connectivity index (χ3v) is 29.4. The lowest BCUT2D eigenvalue weighted by molar-refractivity contribution is 1.16. The average Bonchev–Trinajstić information content (AvgIpc) is 1.56. The van der Waals surface area contributed by atoms with Crippen LogP contribution < -0.4 is 4.90 Å². The van der Waals surface area contributed by atoms with Gasteiger partial charge in [-0.15, -0.1) is 0 Å². The maximum absolute atomic E-state index is 2.48. The van der Waals surface area contributed by atoms with Crippen LogP contribution >= 0.6 is 0 Å². The van der Waals surface area contributed by atoms with Gasteiger partial charge in [0.15, 0.2) is 0 Å². The zero-order chi connectivity index (χ0) is 94.1. The predicted molar refractivity (Wildman–Crippen MR) is 606 cm³/mol. The zero-order valence-electron chi connectivity index (χ0n) is 78.0. The summed E-state index contributed by atoms with van der Waals surface area (Å²) in [5.74, 6) is 0. The summed E-state index contributed by atoms with van der Waals surface area (Å²) in [5, 5.41) is 25.1. The van der Waals surface area contributed by atoms with E-state index in [1.165, 1.54) is 219 Å². The van der Waals surface area contributed by atoms with E-state index in [1.807, 2.05) is 0 Å². The second-order valence-electron chi connectivity index (χ2n) is 37.4. The van der Waals surface area contributed by atoms with E-state index >= 15 is 0 Å². The van der Waals surface area contributed by atoms with Gasteiger partial charge in [0.25, 0.3) is 0 Å². The molecule has 7 nitrogen and oxygen atoms in total. The topological polar surface area (TPSA) is 32.8 Å². The van der Waals surface area contributed by atoms with Crippen molar-refractivity contribution >= 4 is 191 Å². The summed E-state index contributed by atoms with van der Waals surface area (Å²) in [5.41, 5.74) is 32.0. The van der Waals surface area contributed by atoms with Crippen molar-refractivity contribution in [1.29, 1.82) is 0 Å². The first-order valence-corrected chi connectivity index (χ1v) is 49.2. The zero-order valence-corrected chi connectivity index (χ0v) is 78.0. The van der Waals surface area contributed by atoms with Gasteiger partial charge in [-0.25, -0.2) is 0 Å². The maximum atomic E-state index is 2.48. The molecule has 24 aromatic carbocycles. The fourth-order valence-electron chi connectivity index (χ4n) is 23.0. The number of hydrogen-bond acceptors (Lipinski definition) is 1. The number of aromatic nitrogens is 6. The molecule has 30 aromatic rings. The van der Waals surface area contributed by atoms with Crippen LogP contribution in [-0.2, 0) is 0 Å². The number of fused-ring (bicyclic) bond motifs is 22. The van der Waals surface area contributed by atoms with E-state index in [2.05, 4.69) is 572 Å². The van der Waals surface area contributed by atoms with Crippen LogP contribution in [0.2, 0.25) is 0 Å². The van der Waals surface area contributed by atoms with Gasteiger partial charge >= 0.3 is 0 Å². The molecule has 30 rings (SSSR count). The molecule has 0 bridgehead atoms. The molecular formula is C136H89N7. The monoisotopic (exact) mass is 1820 g/mol. The van der Waals surface area contributed by atoms with Gasteiger partial charge in [0.1, 0.15) is 0 Å². The van der Waals surface area contributed by atoms with Crippen molar-refractivity contribution < 1.29 is 0 Å². The molecule has 0 spiro atoms. The number of anilines is 3. The first-order chi connectivity index (χ1) is 71.0. The Bertz CT molecular complexity index is 10200. The Labute approximate surface area is 824 Å². The minimum Gasteiger partial charge on any atom is -0.310 e. The third-order valence-electron chi connectivity index (χ3n) is 29.4. The van der Waals surface area contributed by atoms with Gasteiger partial charge in [0.05, 0.1) is 77.6 Å². The lowest BCUT2D eigenvalue weighted by atomic mass is 9.97. The van der Waals surface area contributed by atoms with Gasteiger partial charge in [-0.05, 0) is 254 Å². The van der Waals surface area contributed by atoms with Gasteiger partial charge in [-0.2, -0.15) is 0 Å². The fourth-order valence-corrected chi connectivity index (χ4v) is 23.0. The minimum absolute atomic E-state index is 1.10. The van der Waals surface area contributed by atoms with Gasteiger partial charge in [0, 0.05) is 115 Å². The third kappa shape index (κ3) is 13.7.